The first-order valence-electron chi connectivity index (χ1n) is 6.78. The highest BCUT2D eigenvalue weighted by Gasteiger charge is 2.10. The molecule has 0 aliphatic carbocycles. The lowest BCUT2D eigenvalue weighted by Gasteiger charge is -2.14. The molecule has 20 heavy (non-hydrogen) atoms. The maximum absolute atomic E-state index is 9.06. The van der Waals surface area contributed by atoms with Gasteiger partial charge in [-0.3, -0.25) is 0 Å². The Hall–Kier alpha value is -1.87. The van der Waals surface area contributed by atoms with Crippen molar-refractivity contribution in [2.75, 3.05) is 13.7 Å². The van der Waals surface area contributed by atoms with Crippen molar-refractivity contribution in [1.82, 2.24) is 4.98 Å². The Morgan fingerprint density at radius 1 is 1.05 bits per heavy atom. The van der Waals surface area contributed by atoms with Crippen LogP contribution in [0.1, 0.15) is 22.3 Å². The Morgan fingerprint density at radius 2 is 1.70 bits per heavy atom. The average molecular weight is 271 g/mol. The number of aliphatic hydroxyl groups excluding tert-OH is 1. The second-order valence-electron chi connectivity index (χ2n) is 5.13. The summed E-state index contributed by atoms with van der Waals surface area (Å²) >= 11 is 0. The topological polar surface area (TPSA) is 42.4 Å². The second kappa shape index (κ2) is 6.06. The summed E-state index contributed by atoms with van der Waals surface area (Å²) in [6.45, 7) is 6.38. The third-order valence-electron chi connectivity index (χ3n) is 3.51. The third kappa shape index (κ3) is 2.83. The summed E-state index contributed by atoms with van der Waals surface area (Å²) in [7, 11) is 1.63. The molecule has 1 heterocycles. The molecule has 106 valence electrons. The fraction of sp³-hybridized carbons (Fsp3) is 0.353. The smallest absolute Gasteiger partial charge is 0.215 e. The summed E-state index contributed by atoms with van der Waals surface area (Å²) in [5, 5.41) is 9.06. The number of nitrogens with zero attached hydrogens (tertiary/aromatic N) is 1. The van der Waals surface area contributed by atoms with Crippen molar-refractivity contribution in [3.63, 3.8) is 0 Å². The van der Waals surface area contributed by atoms with E-state index in [0.717, 1.165) is 11.1 Å². The highest BCUT2D eigenvalue weighted by atomic mass is 16.5. The van der Waals surface area contributed by atoms with Gasteiger partial charge in [0.15, 0.2) is 0 Å². The van der Waals surface area contributed by atoms with Crippen LogP contribution in [-0.2, 0) is 6.42 Å². The van der Waals surface area contributed by atoms with E-state index in [9.17, 15) is 0 Å². The molecule has 0 spiro atoms. The first kappa shape index (κ1) is 14.5. The van der Waals surface area contributed by atoms with Crippen molar-refractivity contribution < 1.29 is 9.84 Å². The van der Waals surface area contributed by atoms with Crippen LogP contribution in [0.4, 0.5) is 0 Å². The molecule has 0 bridgehead atoms. The number of hydrogen-bond donors (Lipinski definition) is 1. The van der Waals surface area contributed by atoms with Crippen LogP contribution in [0, 0.1) is 20.8 Å². The van der Waals surface area contributed by atoms with Crippen molar-refractivity contribution in [2.45, 2.75) is 27.2 Å². The predicted octanol–water partition coefficient (Wildman–Crippen LogP) is 3.22. The van der Waals surface area contributed by atoms with Crippen molar-refractivity contribution in [1.29, 1.82) is 0 Å². The van der Waals surface area contributed by atoms with E-state index in [4.69, 9.17) is 9.84 Å². The molecule has 0 aliphatic rings. The lowest BCUT2D eigenvalue weighted by molar-refractivity contribution is 0.299. The van der Waals surface area contributed by atoms with E-state index in [0.29, 0.717) is 12.3 Å². The van der Waals surface area contributed by atoms with Gasteiger partial charge >= 0.3 is 0 Å². The summed E-state index contributed by atoms with van der Waals surface area (Å²) in [5.41, 5.74) is 6.94. The van der Waals surface area contributed by atoms with Crippen LogP contribution in [0.15, 0.2) is 24.4 Å². The number of ether oxygens (including phenoxy) is 1. The summed E-state index contributed by atoms with van der Waals surface area (Å²) in [5.74, 6) is 0.668. The van der Waals surface area contributed by atoms with Crippen LogP contribution in [0.3, 0.4) is 0 Å². The Bertz CT molecular complexity index is 597. The monoisotopic (exact) mass is 271 g/mol. The van der Waals surface area contributed by atoms with Crippen LogP contribution >= 0.6 is 0 Å². The molecule has 0 fully saturated rings. The van der Waals surface area contributed by atoms with E-state index in [1.807, 2.05) is 13.1 Å². The molecule has 0 saturated carbocycles. The summed E-state index contributed by atoms with van der Waals surface area (Å²) in [6.07, 6.45) is 2.55. The van der Waals surface area contributed by atoms with Crippen molar-refractivity contribution in [3.05, 3.63) is 46.6 Å². The van der Waals surface area contributed by atoms with Crippen molar-refractivity contribution >= 4 is 0 Å². The van der Waals surface area contributed by atoms with Gasteiger partial charge < -0.3 is 9.84 Å². The lowest BCUT2D eigenvalue weighted by Crippen LogP contribution is -1.97. The molecule has 2 aromatic rings. The largest absolute Gasteiger partial charge is 0.481 e. The van der Waals surface area contributed by atoms with Crippen LogP contribution < -0.4 is 4.74 Å². The van der Waals surface area contributed by atoms with Gasteiger partial charge in [-0.05, 0) is 55.5 Å². The number of benzene rings is 1. The number of rotatable bonds is 4. The van der Waals surface area contributed by atoms with Gasteiger partial charge in [0.2, 0.25) is 5.88 Å². The molecule has 3 heteroatoms. The molecule has 0 amide bonds. The minimum Gasteiger partial charge on any atom is -0.481 e. The normalized spacial score (nSPS) is 10.7. The number of aromatic nitrogens is 1. The zero-order chi connectivity index (χ0) is 14.7. The van der Waals surface area contributed by atoms with Crippen molar-refractivity contribution in [3.8, 4) is 17.0 Å². The number of aryl methyl sites for hydroxylation is 3. The molecule has 2 rings (SSSR count). The maximum atomic E-state index is 9.06. The Balaban J connectivity index is 2.50. The SMILES string of the molecule is COc1ncc(-c2c(C)cc(CCO)cc2C)cc1C. The fourth-order valence-corrected chi connectivity index (χ4v) is 2.69. The molecule has 1 N–H and O–H groups in total. The second-order valence-corrected chi connectivity index (χ2v) is 5.13. The minimum atomic E-state index is 0.182. The number of pyridine rings is 1. The lowest BCUT2D eigenvalue weighted by atomic mass is 9.93. The quantitative estimate of drug-likeness (QED) is 0.928. The number of aliphatic hydroxyl groups is 1. The molecule has 1 aromatic heterocycles. The van der Waals surface area contributed by atoms with E-state index in [1.165, 1.54) is 22.3 Å². The van der Waals surface area contributed by atoms with Gasteiger partial charge in [0, 0.05) is 23.9 Å². The Kier molecular flexibility index (Phi) is 4.40. The van der Waals surface area contributed by atoms with Crippen molar-refractivity contribution in [2.24, 2.45) is 0 Å². The molecule has 0 radical (unpaired) electrons. The molecule has 1 aromatic carbocycles. The number of methoxy groups -OCH3 is 1. The van der Waals surface area contributed by atoms with Gasteiger partial charge in [0.1, 0.15) is 0 Å². The molecule has 0 atom stereocenters. The predicted molar refractivity (Wildman–Crippen MR) is 81.2 cm³/mol. The van der Waals surface area contributed by atoms with Crippen LogP contribution in [0.25, 0.3) is 11.1 Å². The fourth-order valence-electron chi connectivity index (χ4n) is 2.69. The standard InChI is InChI=1S/C17H21NO2/c1-11-7-14(5-6-19)8-12(2)16(11)15-9-13(3)17(20-4)18-10-15/h7-10,19H,5-6H2,1-4H3. The van der Waals surface area contributed by atoms with Crippen LogP contribution in [0.5, 0.6) is 5.88 Å². The minimum absolute atomic E-state index is 0.182. The molecule has 0 saturated heterocycles. The van der Waals surface area contributed by atoms with Gasteiger partial charge in [0.05, 0.1) is 7.11 Å². The van der Waals surface area contributed by atoms with Gasteiger partial charge in [0.25, 0.3) is 0 Å². The molecule has 3 nitrogen and oxygen atoms in total. The van der Waals surface area contributed by atoms with Gasteiger partial charge in [-0.2, -0.15) is 0 Å². The molecule has 0 unspecified atom stereocenters. The Labute approximate surface area is 120 Å². The molecular weight excluding hydrogens is 250 g/mol. The summed E-state index contributed by atoms with van der Waals surface area (Å²) in [6, 6.07) is 6.38. The van der Waals surface area contributed by atoms with E-state index in [-0.39, 0.29) is 6.61 Å². The van der Waals surface area contributed by atoms with Gasteiger partial charge in [-0.1, -0.05) is 12.1 Å². The van der Waals surface area contributed by atoms with Gasteiger partial charge in [-0.25, -0.2) is 4.98 Å². The Morgan fingerprint density at radius 3 is 2.20 bits per heavy atom. The van der Waals surface area contributed by atoms with E-state index in [2.05, 4.69) is 37.0 Å². The maximum Gasteiger partial charge on any atom is 0.215 e. The summed E-state index contributed by atoms with van der Waals surface area (Å²) in [4.78, 5) is 4.35. The third-order valence-corrected chi connectivity index (χ3v) is 3.51. The zero-order valence-electron chi connectivity index (χ0n) is 12.5. The van der Waals surface area contributed by atoms with E-state index >= 15 is 0 Å². The summed E-state index contributed by atoms with van der Waals surface area (Å²) < 4.78 is 5.21. The highest BCUT2D eigenvalue weighted by Crippen LogP contribution is 2.30. The van der Waals surface area contributed by atoms with Gasteiger partial charge in [-0.15, -0.1) is 0 Å². The zero-order valence-corrected chi connectivity index (χ0v) is 12.5. The number of hydrogen-bond acceptors (Lipinski definition) is 3. The first-order valence-corrected chi connectivity index (χ1v) is 6.78. The van der Waals surface area contributed by atoms with E-state index in [1.54, 1.807) is 7.11 Å². The molecule has 0 aliphatic heterocycles. The van der Waals surface area contributed by atoms with E-state index < -0.39 is 0 Å². The van der Waals surface area contributed by atoms with Crippen LogP contribution in [0.2, 0.25) is 0 Å². The first-order chi connectivity index (χ1) is 9.56. The van der Waals surface area contributed by atoms with Crippen LogP contribution in [-0.4, -0.2) is 23.8 Å². The highest BCUT2D eigenvalue weighted by molar-refractivity contribution is 5.71. The average Bonchev–Trinajstić information content (AvgIpc) is 2.38. The molecular formula is C17H21NO2.